The predicted molar refractivity (Wildman–Crippen MR) is 182 cm³/mol. The van der Waals surface area contributed by atoms with Crippen LogP contribution in [-0.4, -0.2) is 24.6 Å². The van der Waals surface area contributed by atoms with Crippen molar-refractivity contribution in [1.82, 2.24) is 13.8 Å². The minimum atomic E-state index is 0. The summed E-state index contributed by atoms with van der Waals surface area (Å²) in [5.74, 6) is 0.547. The molecule has 0 saturated carbocycles. The number of nitrogens with zero attached hydrogens (tertiary/aromatic N) is 3. The zero-order valence-electron chi connectivity index (χ0n) is 27.5. The van der Waals surface area contributed by atoms with Crippen LogP contribution in [0, 0.1) is 31.7 Å². The number of ketones is 1. The average molecular weight is 789 g/mol. The van der Waals surface area contributed by atoms with E-state index in [-0.39, 0.29) is 48.9 Å². The van der Waals surface area contributed by atoms with Gasteiger partial charge in [-0.15, -0.1) is 29.1 Å². The minimum Gasteiger partial charge on any atom is -0.512 e. The van der Waals surface area contributed by atoms with Crippen molar-refractivity contribution in [2.45, 2.75) is 93.4 Å². The van der Waals surface area contributed by atoms with Gasteiger partial charge in [-0.3, -0.25) is 9.78 Å². The van der Waals surface area contributed by atoms with Crippen LogP contribution in [0.15, 0.2) is 54.4 Å². The number of fused-ring (bicyclic) bond motifs is 4. The molecule has 0 atom stereocenters. The number of aryl methyl sites for hydroxylation is 2. The second kappa shape index (κ2) is 14.9. The number of aliphatic hydroxyl groups excluding tert-OH is 1. The third kappa shape index (κ3) is 7.33. The SMILES string of the molecule is CCC(CC)C(=O)/C=C(\O)C(CC)CC.Cc1sn2c(nc3c(-c4[c-]c5ccccc5c(C(C)(C)C)c4)nccc32)c1C.[Ir]. The van der Waals surface area contributed by atoms with Crippen LogP contribution in [0.3, 0.4) is 0 Å². The second-order valence-corrected chi connectivity index (χ2v) is 13.6. The molecule has 5 aromatic rings. The summed E-state index contributed by atoms with van der Waals surface area (Å²) in [6.45, 7) is 19.1. The normalized spacial score (nSPS) is 12.2. The Morgan fingerprint density at radius 1 is 1.02 bits per heavy atom. The summed E-state index contributed by atoms with van der Waals surface area (Å²) in [5, 5.41) is 12.1. The van der Waals surface area contributed by atoms with E-state index < -0.39 is 0 Å². The number of imidazole rings is 1. The number of hydrogen-bond donors (Lipinski definition) is 1. The maximum atomic E-state index is 11.7. The van der Waals surface area contributed by atoms with Crippen molar-refractivity contribution in [2.75, 3.05) is 0 Å². The molecule has 1 radical (unpaired) electrons. The molecule has 5 rings (SSSR count). The van der Waals surface area contributed by atoms with Gasteiger partial charge in [0.25, 0.3) is 0 Å². The summed E-state index contributed by atoms with van der Waals surface area (Å²) in [5.41, 5.74) is 7.58. The van der Waals surface area contributed by atoms with E-state index in [1.165, 1.54) is 27.5 Å². The fourth-order valence-electron chi connectivity index (χ4n) is 5.63. The number of carbonyl (C=O) groups excluding carboxylic acids is 1. The summed E-state index contributed by atoms with van der Waals surface area (Å²) < 4.78 is 2.22. The molecule has 237 valence electrons. The molecule has 3 aromatic heterocycles. The van der Waals surface area contributed by atoms with Gasteiger partial charge in [0.1, 0.15) is 0 Å². The third-order valence-electron chi connectivity index (χ3n) is 8.54. The van der Waals surface area contributed by atoms with Crippen LogP contribution < -0.4 is 0 Å². The van der Waals surface area contributed by atoms with Crippen molar-refractivity contribution in [3.05, 3.63) is 76.5 Å². The van der Waals surface area contributed by atoms with E-state index in [0.717, 1.165) is 59.0 Å². The van der Waals surface area contributed by atoms with Crippen LogP contribution in [0.2, 0.25) is 0 Å². The van der Waals surface area contributed by atoms with Crippen LogP contribution >= 0.6 is 11.5 Å². The summed E-state index contributed by atoms with van der Waals surface area (Å²) in [6.07, 6.45) is 6.79. The van der Waals surface area contributed by atoms with Crippen LogP contribution in [0.5, 0.6) is 0 Å². The zero-order valence-corrected chi connectivity index (χ0v) is 30.8. The molecule has 7 heteroatoms. The van der Waals surface area contributed by atoms with Gasteiger partial charge in [0.15, 0.2) is 11.4 Å². The van der Waals surface area contributed by atoms with Crippen molar-refractivity contribution < 1.29 is 30.0 Å². The molecule has 0 aliphatic carbocycles. The van der Waals surface area contributed by atoms with Gasteiger partial charge in [0, 0.05) is 60.3 Å². The molecule has 0 spiro atoms. The van der Waals surface area contributed by atoms with Crippen molar-refractivity contribution in [1.29, 1.82) is 0 Å². The molecule has 1 N–H and O–H groups in total. The molecule has 0 saturated heterocycles. The smallest absolute Gasteiger partial charge is 0.162 e. The topological polar surface area (TPSA) is 67.5 Å². The van der Waals surface area contributed by atoms with Gasteiger partial charge >= 0.3 is 0 Å². The van der Waals surface area contributed by atoms with E-state index in [1.807, 2.05) is 33.9 Å². The molecule has 5 nitrogen and oxygen atoms in total. The van der Waals surface area contributed by atoms with E-state index in [0.29, 0.717) is 0 Å². The fraction of sp³-hybridized carbons (Fsp3) is 0.432. The Hall–Kier alpha value is -2.86. The summed E-state index contributed by atoms with van der Waals surface area (Å²) >= 11 is 1.74. The van der Waals surface area contributed by atoms with Crippen LogP contribution in [0.25, 0.3) is 38.7 Å². The molecule has 2 aromatic carbocycles. The minimum absolute atomic E-state index is 0. The van der Waals surface area contributed by atoms with Gasteiger partial charge < -0.3 is 5.11 Å². The predicted octanol–water partition coefficient (Wildman–Crippen LogP) is 10.3. The van der Waals surface area contributed by atoms with Gasteiger partial charge in [-0.2, -0.15) is 0 Å². The molecule has 0 bridgehead atoms. The number of rotatable bonds is 8. The monoisotopic (exact) mass is 789 g/mol. The van der Waals surface area contributed by atoms with E-state index in [1.54, 1.807) is 11.5 Å². The van der Waals surface area contributed by atoms with Gasteiger partial charge in [0.2, 0.25) is 0 Å². The van der Waals surface area contributed by atoms with Crippen molar-refractivity contribution in [2.24, 2.45) is 11.8 Å². The molecule has 0 unspecified atom stereocenters. The van der Waals surface area contributed by atoms with E-state index in [9.17, 15) is 9.90 Å². The number of pyridine rings is 1. The van der Waals surface area contributed by atoms with Crippen molar-refractivity contribution in [3.63, 3.8) is 0 Å². The average Bonchev–Trinajstić information content (AvgIpc) is 3.48. The Balaban J connectivity index is 0.000000286. The van der Waals surface area contributed by atoms with E-state index >= 15 is 0 Å². The van der Waals surface area contributed by atoms with Crippen LogP contribution in [-0.2, 0) is 30.3 Å². The fourth-order valence-corrected chi connectivity index (χ4v) is 6.64. The molecule has 0 fully saturated rings. The molecular weight excluding hydrogens is 743 g/mol. The van der Waals surface area contributed by atoms with Crippen molar-refractivity contribution in [3.8, 4) is 11.3 Å². The van der Waals surface area contributed by atoms with E-state index in [4.69, 9.17) is 9.97 Å². The Bertz CT molecular complexity index is 1770. The largest absolute Gasteiger partial charge is 0.512 e. The maximum Gasteiger partial charge on any atom is 0.162 e. The summed E-state index contributed by atoms with van der Waals surface area (Å²) in [4.78, 5) is 22.7. The third-order valence-corrected chi connectivity index (χ3v) is 9.68. The first-order valence-electron chi connectivity index (χ1n) is 15.6. The van der Waals surface area contributed by atoms with Crippen LogP contribution in [0.4, 0.5) is 0 Å². The number of benzene rings is 2. The number of allylic oxidation sites excluding steroid dienone is 2. The molecule has 0 aliphatic heterocycles. The number of hydrogen-bond acceptors (Lipinski definition) is 5. The van der Waals surface area contributed by atoms with Crippen molar-refractivity contribution >= 4 is 44.8 Å². The van der Waals surface area contributed by atoms with E-state index in [2.05, 4.69) is 80.9 Å². The Morgan fingerprint density at radius 3 is 2.27 bits per heavy atom. The molecule has 44 heavy (non-hydrogen) atoms. The first kappa shape index (κ1) is 35.6. The summed E-state index contributed by atoms with van der Waals surface area (Å²) in [7, 11) is 0. The molecule has 0 amide bonds. The Kier molecular flexibility index (Phi) is 12.1. The molecular formula is C37H46IrN3O2S-. The first-order valence-corrected chi connectivity index (χ1v) is 16.4. The molecule has 0 aliphatic rings. The number of aliphatic hydroxyl groups is 1. The standard InChI is InChI=1S/C24H22N3S.C13H24O2.Ir/c1-14-15(2)28-27-20-10-11-25-21(22(20)26-23(14)27)17-12-16-8-6-7-9-18(16)19(13-17)24(3,4)5;1-5-10(6-2)12(14)9-13(15)11(7-3)8-4;/h6-11,13H,1-5H3;9-11,14H,5-8H2,1-4H3;/q-1;;/b;12-9-;. The molecule has 3 heterocycles. The van der Waals surface area contributed by atoms with Gasteiger partial charge in [-0.1, -0.05) is 89.1 Å². The quantitative estimate of drug-likeness (QED) is 0.0966. The summed E-state index contributed by atoms with van der Waals surface area (Å²) in [6, 6.07) is 16.4. The zero-order chi connectivity index (χ0) is 31.5. The number of aromatic nitrogens is 3. The van der Waals surface area contributed by atoms with Gasteiger partial charge in [-0.25, -0.2) is 8.77 Å². The Morgan fingerprint density at radius 2 is 1.66 bits per heavy atom. The Labute approximate surface area is 280 Å². The number of carbonyl (C=O) groups is 1. The van der Waals surface area contributed by atoms with Gasteiger partial charge in [0.05, 0.1) is 16.8 Å². The maximum absolute atomic E-state index is 11.7. The second-order valence-electron chi connectivity index (χ2n) is 12.4. The first-order chi connectivity index (χ1) is 20.4. The van der Waals surface area contributed by atoms with Crippen LogP contribution in [0.1, 0.15) is 90.2 Å². The van der Waals surface area contributed by atoms with Gasteiger partial charge in [-0.05, 0) is 51.0 Å².